The largest absolute Gasteiger partial charge is 0.392 e. The number of rotatable bonds is 7. The van der Waals surface area contributed by atoms with Gasteiger partial charge in [-0.3, -0.25) is 4.68 Å². The van der Waals surface area contributed by atoms with Crippen LogP contribution in [0.3, 0.4) is 0 Å². The molecule has 2 atom stereocenters. The van der Waals surface area contributed by atoms with E-state index in [9.17, 15) is 5.11 Å². The lowest BCUT2D eigenvalue weighted by Gasteiger charge is -2.18. The van der Waals surface area contributed by atoms with Crippen molar-refractivity contribution in [2.45, 2.75) is 45.3 Å². The van der Waals surface area contributed by atoms with E-state index in [2.05, 4.69) is 24.3 Å². The molecule has 0 saturated heterocycles. The Morgan fingerprint density at radius 3 is 2.75 bits per heavy atom. The molecule has 2 N–H and O–H groups in total. The van der Waals surface area contributed by atoms with Crippen LogP contribution in [0, 0.1) is 0 Å². The van der Waals surface area contributed by atoms with E-state index in [1.165, 1.54) is 5.56 Å². The van der Waals surface area contributed by atoms with E-state index in [0.29, 0.717) is 12.6 Å². The van der Waals surface area contributed by atoms with Crippen molar-refractivity contribution >= 4 is 0 Å². The minimum Gasteiger partial charge on any atom is -0.392 e. The van der Waals surface area contributed by atoms with Gasteiger partial charge in [0.25, 0.3) is 0 Å². The molecule has 92 valence electrons. The molecule has 2 unspecified atom stereocenters. The van der Waals surface area contributed by atoms with E-state index in [1.807, 2.05) is 24.1 Å². The van der Waals surface area contributed by atoms with Gasteiger partial charge in [0.1, 0.15) is 0 Å². The molecule has 0 bridgehead atoms. The summed E-state index contributed by atoms with van der Waals surface area (Å²) in [5.41, 5.74) is 1.19. The van der Waals surface area contributed by atoms with Crippen LogP contribution in [-0.2, 0) is 7.05 Å². The van der Waals surface area contributed by atoms with Crippen LogP contribution in [0.1, 0.15) is 44.7 Å². The number of nitrogens with one attached hydrogen (secondary N) is 1. The molecule has 0 aliphatic carbocycles. The Kier molecular flexibility index (Phi) is 5.49. The van der Waals surface area contributed by atoms with E-state index in [4.69, 9.17) is 0 Å². The van der Waals surface area contributed by atoms with E-state index < -0.39 is 0 Å². The molecule has 0 saturated carbocycles. The van der Waals surface area contributed by atoms with Crippen LogP contribution in [0.2, 0.25) is 0 Å². The van der Waals surface area contributed by atoms with Gasteiger partial charge in [-0.05, 0) is 12.8 Å². The summed E-state index contributed by atoms with van der Waals surface area (Å²) in [4.78, 5) is 0. The number of hydrogen-bond acceptors (Lipinski definition) is 3. The van der Waals surface area contributed by atoms with Crippen molar-refractivity contribution in [3.05, 3.63) is 18.0 Å². The average molecular weight is 225 g/mol. The van der Waals surface area contributed by atoms with Gasteiger partial charge in [0.2, 0.25) is 0 Å². The molecule has 0 aliphatic heterocycles. The lowest BCUT2D eigenvalue weighted by molar-refractivity contribution is 0.156. The highest BCUT2D eigenvalue weighted by atomic mass is 16.3. The molecule has 1 aromatic heterocycles. The quantitative estimate of drug-likeness (QED) is 0.741. The van der Waals surface area contributed by atoms with Crippen molar-refractivity contribution in [1.29, 1.82) is 0 Å². The van der Waals surface area contributed by atoms with Crippen molar-refractivity contribution in [2.24, 2.45) is 7.05 Å². The van der Waals surface area contributed by atoms with Crippen LogP contribution < -0.4 is 5.32 Å². The summed E-state index contributed by atoms with van der Waals surface area (Å²) in [5, 5.41) is 17.2. The maximum Gasteiger partial charge on any atom is 0.0664 e. The predicted octanol–water partition coefficient (Wildman–Crippen LogP) is 1.62. The lowest BCUT2D eigenvalue weighted by Crippen LogP contribution is -2.29. The Bertz CT molecular complexity index is 298. The predicted molar refractivity (Wildman–Crippen MR) is 65.2 cm³/mol. The fourth-order valence-corrected chi connectivity index (χ4v) is 1.83. The topological polar surface area (TPSA) is 50.1 Å². The fourth-order valence-electron chi connectivity index (χ4n) is 1.83. The fraction of sp³-hybridized carbons (Fsp3) is 0.750. The number of aliphatic hydroxyl groups is 1. The molecule has 0 amide bonds. The second kappa shape index (κ2) is 6.66. The maximum atomic E-state index is 9.66. The first-order chi connectivity index (χ1) is 7.67. The Morgan fingerprint density at radius 1 is 1.50 bits per heavy atom. The summed E-state index contributed by atoms with van der Waals surface area (Å²) in [6, 6.07) is 0.292. The van der Waals surface area contributed by atoms with E-state index in [0.717, 1.165) is 19.3 Å². The van der Waals surface area contributed by atoms with E-state index in [-0.39, 0.29) is 6.10 Å². The van der Waals surface area contributed by atoms with E-state index in [1.54, 1.807) is 0 Å². The summed E-state index contributed by atoms with van der Waals surface area (Å²) < 4.78 is 1.81. The molecular formula is C12H23N3O. The summed E-state index contributed by atoms with van der Waals surface area (Å²) >= 11 is 0. The third-order valence-corrected chi connectivity index (χ3v) is 2.76. The average Bonchev–Trinajstić information content (AvgIpc) is 2.66. The van der Waals surface area contributed by atoms with Gasteiger partial charge in [0.15, 0.2) is 0 Å². The highest BCUT2D eigenvalue weighted by Gasteiger charge is 2.12. The third-order valence-electron chi connectivity index (χ3n) is 2.76. The second-order valence-corrected chi connectivity index (χ2v) is 4.26. The Balaban J connectivity index is 2.43. The zero-order chi connectivity index (χ0) is 12.0. The van der Waals surface area contributed by atoms with Crippen LogP contribution in [0.5, 0.6) is 0 Å². The van der Waals surface area contributed by atoms with Crippen LogP contribution in [0.25, 0.3) is 0 Å². The third kappa shape index (κ3) is 3.94. The zero-order valence-corrected chi connectivity index (χ0v) is 10.5. The smallest absolute Gasteiger partial charge is 0.0664 e. The molecule has 1 rings (SSSR count). The normalized spacial score (nSPS) is 15.0. The molecule has 0 aliphatic rings. The molecule has 1 heterocycles. The first kappa shape index (κ1) is 13.2. The molecule has 0 radical (unpaired) electrons. The number of nitrogens with zero attached hydrogens (tertiary/aromatic N) is 2. The molecule has 0 fully saturated rings. The van der Waals surface area contributed by atoms with Crippen molar-refractivity contribution in [3.8, 4) is 0 Å². The highest BCUT2D eigenvalue weighted by molar-refractivity contribution is 5.09. The van der Waals surface area contributed by atoms with Gasteiger partial charge in [-0.2, -0.15) is 5.10 Å². The first-order valence-corrected chi connectivity index (χ1v) is 6.07. The van der Waals surface area contributed by atoms with Gasteiger partial charge in [-0.15, -0.1) is 0 Å². The van der Waals surface area contributed by atoms with Crippen LogP contribution in [0.15, 0.2) is 12.4 Å². The summed E-state index contributed by atoms with van der Waals surface area (Å²) in [7, 11) is 1.92. The number of aryl methyl sites for hydroxylation is 1. The van der Waals surface area contributed by atoms with Gasteiger partial charge >= 0.3 is 0 Å². The standard InChI is InChI=1S/C12H23N3O/c1-4-6-11(16)8-13-12(5-2)10-7-14-15(3)9-10/h7,9,11-13,16H,4-6,8H2,1-3H3. The van der Waals surface area contributed by atoms with Gasteiger partial charge < -0.3 is 10.4 Å². The van der Waals surface area contributed by atoms with E-state index >= 15 is 0 Å². The molecular weight excluding hydrogens is 202 g/mol. The van der Waals surface area contributed by atoms with Crippen LogP contribution in [-0.4, -0.2) is 27.5 Å². The molecule has 4 nitrogen and oxygen atoms in total. The van der Waals surface area contributed by atoms with Gasteiger partial charge in [-0.1, -0.05) is 20.3 Å². The highest BCUT2D eigenvalue weighted by Crippen LogP contribution is 2.15. The second-order valence-electron chi connectivity index (χ2n) is 4.26. The van der Waals surface area contributed by atoms with Crippen molar-refractivity contribution in [2.75, 3.05) is 6.54 Å². The minimum atomic E-state index is -0.240. The van der Waals surface area contributed by atoms with Gasteiger partial charge in [-0.25, -0.2) is 0 Å². The Hall–Kier alpha value is -0.870. The van der Waals surface area contributed by atoms with Crippen LogP contribution in [0.4, 0.5) is 0 Å². The SMILES string of the molecule is CCCC(O)CNC(CC)c1cnn(C)c1. The minimum absolute atomic E-state index is 0.240. The van der Waals surface area contributed by atoms with Gasteiger partial charge in [0.05, 0.1) is 12.3 Å². The van der Waals surface area contributed by atoms with Crippen molar-refractivity contribution in [3.63, 3.8) is 0 Å². The number of aliphatic hydroxyl groups excluding tert-OH is 1. The monoisotopic (exact) mass is 225 g/mol. The van der Waals surface area contributed by atoms with Crippen molar-refractivity contribution < 1.29 is 5.11 Å². The molecule has 0 aromatic carbocycles. The zero-order valence-electron chi connectivity index (χ0n) is 10.5. The molecule has 16 heavy (non-hydrogen) atoms. The lowest BCUT2D eigenvalue weighted by atomic mass is 10.1. The van der Waals surface area contributed by atoms with Gasteiger partial charge in [0, 0.05) is 31.4 Å². The molecule has 0 spiro atoms. The maximum absolute atomic E-state index is 9.66. The molecule has 4 heteroatoms. The Morgan fingerprint density at radius 2 is 2.25 bits per heavy atom. The Labute approximate surface area is 97.7 Å². The van der Waals surface area contributed by atoms with Crippen molar-refractivity contribution in [1.82, 2.24) is 15.1 Å². The van der Waals surface area contributed by atoms with Crippen LogP contribution >= 0.6 is 0 Å². The number of aromatic nitrogens is 2. The molecule has 1 aromatic rings. The summed E-state index contributed by atoms with van der Waals surface area (Å²) in [5.74, 6) is 0. The first-order valence-electron chi connectivity index (χ1n) is 6.07. The number of hydrogen-bond donors (Lipinski definition) is 2. The summed E-state index contributed by atoms with van der Waals surface area (Å²) in [6.07, 6.45) is 6.55. The summed E-state index contributed by atoms with van der Waals surface area (Å²) in [6.45, 7) is 4.87.